The van der Waals surface area contributed by atoms with Crippen LogP contribution in [-0.2, 0) is 4.79 Å². The summed E-state index contributed by atoms with van der Waals surface area (Å²) in [5.74, 6) is 0. The van der Waals surface area contributed by atoms with Gasteiger partial charge < -0.3 is 27.1 Å². The number of halogens is 1. The number of aliphatic hydroxyl groups excluding tert-OH is 2. The molecule has 1 saturated heterocycles. The van der Waals surface area contributed by atoms with Gasteiger partial charge in [-0.2, -0.15) is 0 Å². The van der Waals surface area contributed by atoms with Crippen LogP contribution < -0.4 is 12.4 Å². The van der Waals surface area contributed by atoms with Crippen molar-refractivity contribution in [1.82, 2.24) is 0 Å². The number of carbonyl (C=O) groups is 1. The SMILES string of the molecule is C[N+]1(CC=O)C[C@@H](O)[C@@H](O)C1.[Cl-]. The zero-order chi connectivity index (χ0) is 8.48. The van der Waals surface area contributed by atoms with Gasteiger partial charge in [0.05, 0.1) is 7.05 Å². The van der Waals surface area contributed by atoms with E-state index in [-0.39, 0.29) is 12.4 Å². The maximum absolute atomic E-state index is 10.2. The number of quaternary nitrogens is 1. The van der Waals surface area contributed by atoms with Gasteiger partial charge in [0, 0.05) is 0 Å². The summed E-state index contributed by atoms with van der Waals surface area (Å²) in [6.45, 7) is 1.31. The molecule has 0 bridgehead atoms. The summed E-state index contributed by atoms with van der Waals surface area (Å²) in [5.41, 5.74) is 0. The van der Waals surface area contributed by atoms with Gasteiger partial charge in [0.2, 0.25) is 0 Å². The van der Waals surface area contributed by atoms with Gasteiger partial charge in [-0.1, -0.05) is 0 Å². The summed E-state index contributed by atoms with van der Waals surface area (Å²) < 4.78 is 0.450. The fourth-order valence-electron chi connectivity index (χ4n) is 1.55. The smallest absolute Gasteiger partial charge is 0.174 e. The summed E-state index contributed by atoms with van der Waals surface area (Å²) in [4.78, 5) is 10.2. The van der Waals surface area contributed by atoms with Crippen LogP contribution in [0.4, 0.5) is 0 Å². The summed E-state index contributed by atoms with van der Waals surface area (Å²) in [5, 5.41) is 18.4. The average molecular weight is 196 g/mol. The largest absolute Gasteiger partial charge is 1.00 e. The lowest BCUT2D eigenvalue weighted by atomic mass is 10.3. The highest BCUT2D eigenvalue weighted by Crippen LogP contribution is 2.16. The van der Waals surface area contributed by atoms with Gasteiger partial charge >= 0.3 is 0 Å². The van der Waals surface area contributed by atoms with E-state index in [0.717, 1.165) is 6.29 Å². The van der Waals surface area contributed by atoms with Gasteiger partial charge in [0.1, 0.15) is 31.8 Å². The van der Waals surface area contributed by atoms with Gasteiger partial charge in [-0.05, 0) is 0 Å². The second-order valence-corrected chi connectivity index (χ2v) is 3.47. The van der Waals surface area contributed by atoms with Crippen molar-refractivity contribution in [2.75, 3.05) is 26.7 Å². The number of likely N-dealkylation sites (tertiary alicyclic amines) is 1. The first-order valence-electron chi connectivity index (χ1n) is 3.71. The third-order valence-corrected chi connectivity index (χ3v) is 2.22. The van der Waals surface area contributed by atoms with Crippen molar-refractivity contribution in [3.05, 3.63) is 0 Å². The predicted molar refractivity (Wildman–Crippen MR) is 38.9 cm³/mol. The Morgan fingerprint density at radius 3 is 2.17 bits per heavy atom. The Morgan fingerprint density at radius 2 is 1.83 bits per heavy atom. The number of aldehydes is 1. The lowest BCUT2D eigenvalue weighted by molar-refractivity contribution is -0.891. The molecule has 0 aromatic carbocycles. The van der Waals surface area contributed by atoms with Crippen molar-refractivity contribution in [1.29, 1.82) is 0 Å². The second-order valence-electron chi connectivity index (χ2n) is 3.47. The third kappa shape index (κ3) is 2.42. The number of likely N-dealkylation sites (N-methyl/N-ethyl adjacent to an activating group) is 1. The van der Waals surface area contributed by atoms with Gasteiger partial charge in [0.15, 0.2) is 6.29 Å². The normalized spacial score (nSPS) is 40.6. The van der Waals surface area contributed by atoms with Gasteiger partial charge in [-0.3, -0.25) is 4.79 Å². The molecule has 0 spiro atoms. The fourth-order valence-corrected chi connectivity index (χ4v) is 1.55. The molecule has 1 unspecified atom stereocenters. The van der Waals surface area contributed by atoms with Crippen molar-refractivity contribution < 1.29 is 31.9 Å². The Hall–Kier alpha value is -0.160. The van der Waals surface area contributed by atoms with Crippen LogP contribution in [-0.4, -0.2) is 59.9 Å². The van der Waals surface area contributed by atoms with Gasteiger partial charge in [-0.15, -0.1) is 0 Å². The molecule has 0 aromatic heterocycles. The van der Waals surface area contributed by atoms with E-state index in [1.807, 2.05) is 7.05 Å². The van der Waals surface area contributed by atoms with E-state index in [0.29, 0.717) is 24.1 Å². The molecule has 2 N–H and O–H groups in total. The fraction of sp³-hybridized carbons (Fsp3) is 0.857. The molecule has 72 valence electrons. The molecule has 1 fully saturated rings. The molecule has 0 amide bonds. The van der Waals surface area contributed by atoms with Crippen LogP contribution in [0.3, 0.4) is 0 Å². The van der Waals surface area contributed by atoms with Crippen LogP contribution in [0.5, 0.6) is 0 Å². The maximum Gasteiger partial charge on any atom is 0.174 e. The first-order chi connectivity index (χ1) is 5.07. The summed E-state index contributed by atoms with van der Waals surface area (Å²) in [6.07, 6.45) is -0.509. The zero-order valence-corrected chi connectivity index (χ0v) is 7.74. The summed E-state index contributed by atoms with van der Waals surface area (Å²) in [7, 11) is 1.86. The quantitative estimate of drug-likeness (QED) is 0.344. The number of nitrogens with zero attached hydrogens (tertiary/aromatic N) is 1. The molecule has 0 aromatic rings. The molecule has 1 aliphatic rings. The molecule has 0 radical (unpaired) electrons. The number of rotatable bonds is 2. The number of carbonyl (C=O) groups excluding carboxylic acids is 1. The van der Waals surface area contributed by atoms with Crippen LogP contribution in [0, 0.1) is 0 Å². The topological polar surface area (TPSA) is 57.5 Å². The van der Waals surface area contributed by atoms with Crippen molar-refractivity contribution >= 4 is 6.29 Å². The Bertz CT molecular complexity index is 155. The molecule has 1 aliphatic heterocycles. The van der Waals surface area contributed by atoms with Crippen LogP contribution in [0.15, 0.2) is 0 Å². The Labute approximate surface area is 77.8 Å². The van der Waals surface area contributed by atoms with E-state index < -0.39 is 12.2 Å². The Kier molecular flexibility index (Phi) is 4.13. The molecular weight excluding hydrogens is 182 g/mol. The van der Waals surface area contributed by atoms with E-state index in [9.17, 15) is 15.0 Å². The molecule has 5 heteroatoms. The van der Waals surface area contributed by atoms with E-state index in [1.165, 1.54) is 0 Å². The molecule has 4 nitrogen and oxygen atoms in total. The minimum Gasteiger partial charge on any atom is -1.00 e. The van der Waals surface area contributed by atoms with E-state index >= 15 is 0 Å². The highest BCUT2D eigenvalue weighted by molar-refractivity contribution is 5.50. The van der Waals surface area contributed by atoms with Crippen molar-refractivity contribution in [3.63, 3.8) is 0 Å². The monoisotopic (exact) mass is 195 g/mol. The first-order valence-corrected chi connectivity index (χ1v) is 3.71. The molecular formula is C7H14ClNO3. The van der Waals surface area contributed by atoms with Gasteiger partial charge in [-0.25, -0.2) is 0 Å². The van der Waals surface area contributed by atoms with Crippen molar-refractivity contribution in [3.8, 4) is 0 Å². The van der Waals surface area contributed by atoms with Crippen molar-refractivity contribution in [2.45, 2.75) is 12.2 Å². The summed E-state index contributed by atoms with van der Waals surface area (Å²) in [6, 6.07) is 0. The molecule has 12 heavy (non-hydrogen) atoms. The molecule has 1 rings (SSSR count). The van der Waals surface area contributed by atoms with Crippen LogP contribution in [0.1, 0.15) is 0 Å². The minimum atomic E-state index is -0.667. The van der Waals surface area contributed by atoms with Crippen LogP contribution in [0.2, 0.25) is 0 Å². The average Bonchev–Trinajstić information content (AvgIpc) is 2.08. The number of hydrogen-bond acceptors (Lipinski definition) is 3. The van der Waals surface area contributed by atoms with Crippen LogP contribution in [0.25, 0.3) is 0 Å². The zero-order valence-electron chi connectivity index (χ0n) is 6.98. The van der Waals surface area contributed by atoms with Crippen LogP contribution >= 0.6 is 0 Å². The van der Waals surface area contributed by atoms with E-state index in [1.54, 1.807) is 0 Å². The minimum absolute atomic E-state index is 0. The second kappa shape index (κ2) is 4.18. The highest BCUT2D eigenvalue weighted by Gasteiger charge is 2.40. The lowest BCUT2D eigenvalue weighted by Crippen LogP contribution is -3.00. The number of hydrogen-bond donors (Lipinski definition) is 2. The standard InChI is InChI=1S/C7H14NO3.ClH/c1-8(2-3-9)4-6(10)7(11)5-8;/h3,6-7,10-11H,2,4-5H2,1H3;1H/q+1;/p-1/t6-,7+,8?;. The molecule has 1 heterocycles. The molecule has 0 aliphatic carbocycles. The van der Waals surface area contributed by atoms with Gasteiger partial charge in [0.25, 0.3) is 0 Å². The Morgan fingerprint density at radius 1 is 1.42 bits per heavy atom. The summed E-state index contributed by atoms with van der Waals surface area (Å²) >= 11 is 0. The van der Waals surface area contributed by atoms with Crippen molar-refractivity contribution in [2.24, 2.45) is 0 Å². The molecule has 3 atom stereocenters. The van der Waals surface area contributed by atoms with E-state index in [2.05, 4.69) is 0 Å². The predicted octanol–water partition coefficient (Wildman–Crippen LogP) is -4.63. The third-order valence-electron chi connectivity index (χ3n) is 2.22. The maximum atomic E-state index is 10.2. The molecule has 0 saturated carbocycles. The first kappa shape index (κ1) is 11.8. The highest BCUT2D eigenvalue weighted by atomic mass is 35.5. The lowest BCUT2D eigenvalue weighted by Gasteiger charge is -2.26. The van der Waals surface area contributed by atoms with E-state index in [4.69, 9.17) is 0 Å². The Balaban J connectivity index is 0.00000121. The number of aliphatic hydroxyl groups is 2.